The minimum absolute atomic E-state index is 0.120. The highest BCUT2D eigenvalue weighted by molar-refractivity contribution is 7.18. The average molecular weight is 251 g/mol. The highest BCUT2D eigenvalue weighted by Crippen LogP contribution is 2.21. The lowest BCUT2D eigenvalue weighted by molar-refractivity contribution is -0.118. The topological polar surface area (TPSA) is 78.0 Å². The summed E-state index contributed by atoms with van der Waals surface area (Å²) in [5.41, 5.74) is 4.92. The zero-order chi connectivity index (χ0) is 12.6. The van der Waals surface area contributed by atoms with E-state index in [9.17, 15) is 9.59 Å². The summed E-state index contributed by atoms with van der Waals surface area (Å²) in [5, 5.41) is 0.568. The molecule has 0 saturated carbocycles. The fourth-order valence-corrected chi connectivity index (χ4v) is 2.69. The van der Waals surface area contributed by atoms with Crippen molar-refractivity contribution >= 4 is 27.5 Å². The second-order valence-electron chi connectivity index (χ2n) is 3.80. The molecule has 0 aliphatic carbocycles. The Morgan fingerprint density at radius 2 is 2.29 bits per heavy atom. The summed E-state index contributed by atoms with van der Waals surface area (Å²) in [4.78, 5) is 29.2. The van der Waals surface area contributed by atoms with Gasteiger partial charge in [0.25, 0.3) is 5.56 Å². The fraction of sp³-hybridized carbons (Fsp3) is 0.364. The summed E-state index contributed by atoms with van der Waals surface area (Å²) >= 11 is 1.51. The molecule has 0 fully saturated rings. The molecule has 2 heterocycles. The van der Waals surface area contributed by atoms with E-state index in [2.05, 4.69) is 4.98 Å². The van der Waals surface area contributed by atoms with Gasteiger partial charge in [-0.3, -0.25) is 14.2 Å². The molecule has 2 aromatic rings. The van der Waals surface area contributed by atoms with Crippen LogP contribution in [0.4, 0.5) is 0 Å². The normalized spacial score (nSPS) is 10.9. The molecule has 1 amide bonds. The first kappa shape index (κ1) is 11.8. The Balaban J connectivity index is 2.70. The van der Waals surface area contributed by atoms with Crippen molar-refractivity contribution in [3.63, 3.8) is 0 Å². The Bertz CT molecular complexity index is 642. The Labute approximate surface area is 102 Å². The minimum atomic E-state index is -0.540. The van der Waals surface area contributed by atoms with Crippen LogP contribution in [0.25, 0.3) is 10.2 Å². The Kier molecular flexibility index (Phi) is 2.97. The third kappa shape index (κ3) is 2.08. The molecule has 0 radical (unpaired) electrons. The van der Waals surface area contributed by atoms with Crippen molar-refractivity contribution in [3.05, 3.63) is 27.1 Å². The summed E-state index contributed by atoms with van der Waals surface area (Å²) in [6, 6.07) is 1.84. The molecule has 2 N–H and O–H groups in total. The molecular weight excluding hydrogens is 238 g/mol. The molecule has 6 heteroatoms. The second kappa shape index (κ2) is 4.29. The first-order chi connectivity index (χ1) is 8.02. The quantitative estimate of drug-likeness (QED) is 0.877. The average Bonchev–Trinajstić information content (AvgIpc) is 2.67. The molecule has 0 aliphatic heterocycles. The highest BCUT2D eigenvalue weighted by Gasteiger charge is 2.12. The van der Waals surface area contributed by atoms with Crippen molar-refractivity contribution in [2.45, 2.75) is 26.8 Å². The van der Waals surface area contributed by atoms with Gasteiger partial charge in [-0.05, 0) is 19.4 Å². The van der Waals surface area contributed by atoms with Crippen LogP contribution in [0.1, 0.15) is 17.6 Å². The van der Waals surface area contributed by atoms with Gasteiger partial charge in [0.2, 0.25) is 5.91 Å². The van der Waals surface area contributed by atoms with Crippen molar-refractivity contribution in [2.24, 2.45) is 5.73 Å². The molecule has 2 aromatic heterocycles. The molecule has 90 valence electrons. The van der Waals surface area contributed by atoms with Crippen molar-refractivity contribution in [1.29, 1.82) is 0 Å². The van der Waals surface area contributed by atoms with Gasteiger partial charge in [0.15, 0.2) is 0 Å². The summed E-state index contributed by atoms with van der Waals surface area (Å²) in [6.45, 7) is 3.61. The van der Waals surface area contributed by atoms with Gasteiger partial charge in [0, 0.05) is 4.88 Å². The number of carbonyl (C=O) groups excluding carboxylic acids is 1. The summed E-state index contributed by atoms with van der Waals surface area (Å²) in [6.07, 6.45) is 0.870. The zero-order valence-electron chi connectivity index (χ0n) is 9.69. The third-order valence-corrected chi connectivity index (χ3v) is 3.73. The number of hydrogen-bond donors (Lipinski definition) is 1. The van der Waals surface area contributed by atoms with Crippen LogP contribution in [-0.4, -0.2) is 15.5 Å². The molecule has 2 rings (SSSR count). The molecule has 17 heavy (non-hydrogen) atoms. The maximum atomic E-state index is 12.1. The minimum Gasteiger partial charge on any atom is -0.368 e. The van der Waals surface area contributed by atoms with E-state index in [0.717, 1.165) is 16.1 Å². The SMILES string of the molecule is CCc1cc2c(=O)n(CC(N)=O)c(C)nc2s1. The van der Waals surface area contributed by atoms with Gasteiger partial charge in [-0.1, -0.05) is 6.92 Å². The van der Waals surface area contributed by atoms with Crippen LogP contribution in [0.5, 0.6) is 0 Å². The number of carbonyl (C=O) groups is 1. The molecule has 0 atom stereocenters. The van der Waals surface area contributed by atoms with E-state index >= 15 is 0 Å². The summed E-state index contributed by atoms with van der Waals surface area (Å²) in [5.74, 6) is -0.0203. The van der Waals surface area contributed by atoms with Crippen LogP contribution >= 0.6 is 11.3 Å². The van der Waals surface area contributed by atoms with Gasteiger partial charge in [0.05, 0.1) is 5.39 Å². The van der Waals surface area contributed by atoms with E-state index in [4.69, 9.17) is 5.73 Å². The smallest absolute Gasteiger partial charge is 0.262 e. The van der Waals surface area contributed by atoms with Crippen LogP contribution in [0, 0.1) is 6.92 Å². The predicted octanol–water partition coefficient (Wildman–Crippen LogP) is 0.814. The van der Waals surface area contributed by atoms with E-state index in [1.54, 1.807) is 6.92 Å². The number of rotatable bonds is 3. The molecule has 0 saturated heterocycles. The van der Waals surface area contributed by atoms with Crippen molar-refractivity contribution in [2.75, 3.05) is 0 Å². The summed E-state index contributed by atoms with van der Waals surface area (Å²) < 4.78 is 1.32. The fourth-order valence-electron chi connectivity index (χ4n) is 1.68. The van der Waals surface area contributed by atoms with Crippen LogP contribution in [0.15, 0.2) is 10.9 Å². The molecular formula is C11H13N3O2S. The van der Waals surface area contributed by atoms with Gasteiger partial charge < -0.3 is 5.73 Å². The monoisotopic (exact) mass is 251 g/mol. The first-order valence-corrected chi connectivity index (χ1v) is 6.12. The lowest BCUT2D eigenvalue weighted by Crippen LogP contribution is -2.30. The number of fused-ring (bicyclic) bond motifs is 1. The highest BCUT2D eigenvalue weighted by atomic mass is 32.1. The van der Waals surface area contributed by atoms with E-state index in [-0.39, 0.29) is 12.1 Å². The molecule has 0 bridgehead atoms. The number of aryl methyl sites for hydroxylation is 2. The largest absolute Gasteiger partial charge is 0.368 e. The maximum Gasteiger partial charge on any atom is 0.262 e. The number of nitrogens with two attached hydrogens (primary N) is 1. The molecule has 0 spiro atoms. The lowest BCUT2D eigenvalue weighted by atomic mass is 10.3. The van der Waals surface area contributed by atoms with E-state index in [1.807, 2.05) is 13.0 Å². The molecule has 0 aliphatic rings. The number of hydrogen-bond acceptors (Lipinski definition) is 4. The van der Waals surface area contributed by atoms with Gasteiger partial charge >= 0.3 is 0 Å². The van der Waals surface area contributed by atoms with Crippen molar-refractivity contribution in [3.8, 4) is 0 Å². The van der Waals surface area contributed by atoms with Gasteiger partial charge in [-0.25, -0.2) is 4.98 Å². The van der Waals surface area contributed by atoms with Gasteiger partial charge in [-0.2, -0.15) is 0 Å². The molecule has 5 nitrogen and oxygen atoms in total. The zero-order valence-corrected chi connectivity index (χ0v) is 10.5. The number of primary amides is 1. The summed E-state index contributed by atoms with van der Waals surface area (Å²) in [7, 11) is 0. The molecule has 0 aromatic carbocycles. The number of thiophene rings is 1. The van der Waals surface area contributed by atoms with E-state index in [1.165, 1.54) is 15.9 Å². The predicted molar refractivity (Wildman–Crippen MR) is 67.2 cm³/mol. The van der Waals surface area contributed by atoms with Crippen LogP contribution in [0.3, 0.4) is 0 Å². The second-order valence-corrected chi connectivity index (χ2v) is 4.92. The first-order valence-electron chi connectivity index (χ1n) is 5.31. The Morgan fingerprint density at radius 1 is 1.59 bits per heavy atom. The lowest BCUT2D eigenvalue weighted by Gasteiger charge is -2.06. The van der Waals surface area contributed by atoms with E-state index in [0.29, 0.717) is 11.2 Å². The van der Waals surface area contributed by atoms with Crippen LogP contribution < -0.4 is 11.3 Å². The standard InChI is InChI=1S/C11H13N3O2S/c1-3-7-4-8-10(17-7)13-6(2)14(11(8)16)5-9(12)15/h4H,3,5H2,1-2H3,(H2,12,15). The van der Waals surface area contributed by atoms with E-state index < -0.39 is 5.91 Å². The van der Waals surface area contributed by atoms with Crippen molar-refractivity contribution < 1.29 is 4.79 Å². The number of nitrogens with zero attached hydrogens (tertiary/aromatic N) is 2. The van der Waals surface area contributed by atoms with Gasteiger partial charge in [0.1, 0.15) is 17.2 Å². The maximum absolute atomic E-state index is 12.1. The molecule has 0 unspecified atom stereocenters. The van der Waals surface area contributed by atoms with Crippen LogP contribution in [-0.2, 0) is 17.8 Å². The van der Waals surface area contributed by atoms with Crippen LogP contribution in [0.2, 0.25) is 0 Å². The van der Waals surface area contributed by atoms with Gasteiger partial charge in [-0.15, -0.1) is 11.3 Å². The number of amides is 1. The Hall–Kier alpha value is -1.69. The third-order valence-electron chi connectivity index (χ3n) is 2.56. The Morgan fingerprint density at radius 3 is 2.88 bits per heavy atom. The number of aromatic nitrogens is 2. The van der Waals surface area contributed by atoms with Crippen molar-refractivity contribution in [1.82, 2.24) is 9.55 Å².